The number of rotatable bonds is 3. The van der Waals surface area contributed by atoms with E-state index >= 15 is 0 Å². The molecule has 0 bridgehead atoms. The molecule has 6 rings (SSSR count). The number of allylic oxidation sites excluding steroid dienone is 1. The zero-order valence-electron chi connectivity index (χ0n) is 23.7. The Bertz CT molecular complexity index is 1590. The summed E-state index contributed by atoms with van der Waals surface area (Å²) >= 11 is -0.233. The molecule has 1 fully saturated rings. The molecule has 1 saturated heterocycles. The van der Waals surface area contributed by atoms with Crippen LogP contribution in [0.5, 0.6) is 0 Å². The number of aryl methyl sites for hydroxylation is 6. The molecule has 1 aliphatic heterocycles. The number of fused-ring (bicyclic) bond motifs is 1. The number of hydrogen-bond acceptors (Lipinski definition) is 2. The van der Waals surface area contributed by atoms with Gasteiger partial charge in [-0.3, -0.25) is 0 Å². The fraction of sp³-hybridized carbons (Fsp3) is 0.222. The van der Waals surface area contributed by atoms with Crippen molar-refractivity contribution in [2.45, 2.75) is 41.5 Å². The van der Waals surface area contributed by atoms with Gasteiger partial charge in [0, 0.05) is 0 Å². The first-order valence-electron chi connectivity index (χ1n) is 13.8. The minimum absolute atomic E-state index is 0.233. The van der Waals surface area contributed by atoms with Crippen molar-refractivity contribution in [1.29, 1.82) is 0 Å². The average molecular weight is 598 g/mol. The van der Waals surface area contributed by atoms with Crippen molar-refractivity contribution >= 4 is 25.4 Å². The minimum atomic E-state index is -0.233. The van der Waals surface area contributed by atoms with Gasteiger partial charge in [0.2, 0.25) is 0 Å². The van der Waals surface area contributed by atoms with Gasteiger partial charge in [0.15, 0.2) is 0 Å². The van der Waals surface area contributed by atoms with E-state index < -0.39 is 0 Å². The normalized spacial score (nSPS) is 14.8. The molecule has 0 unspecified atom stereocenters. The van der Waals surface area contributed by atoms with E-state index in [0.717, 1.165) is 13.1 Å². The number of anilines is 2. The Balaban J connectivity index is 1.63. The molecule has 4 aromatic rings. The summed E-state index contributed by atoms with van der Waals surface area (Å²) in [4.78, 5) is 5.29. The summed E-state index contributed by atoms with van der Waals surface area (Å²) in [5.41, 5.74) is 16.3. The molecule has 2 nitrogen and oxygen atoms in total. The molecular formula is C36H36N2Ru. The van der Waals surface area contributed by atoms with Crippen molar-refractivity contribution < 1.29 is 16.2 Å². The van der Waals surface area contributed by atoms with Gasteiger partial charge in [-0.15, -0.1) is 0 Å². The molecule has 39 heavy (non-hydrogen) atoms. The van der Waals surface area contributed by atoms with Crippen molar-refractivity contribution in [1.82, 2.24) is 0 Å². The fourth-order valence-electron chi connectivity index (χ4n) is 6.43. The van der Waals surface area contributed by atoms with Crippen LogP contribution < -0.4 is 9.80 Å². The van der Waals surface area contributed by atoms with E-state index in [1.54, 1.807) is 0 Å². The standard InChI is InChI=1S/C21H26N2.C15H10.Ru/c1-14-9-16(3)20(17(4)10-14)22-7-8-23(13-22)21-18(5)11-15(2)12-19(21)6;1-2-6-12(7-3-1)15-11-10-13-8-4-5-9-14(13)15;/h9-12H,7-8H2,1-6H3;1-9,11H;. The first-order chi connectivity index (χ1) is 18.8. The van der Waals surface area contributed by atoms with Crippen LogP contribution in [0.3, 0.4) is 0 Å². The quantitative estimate of drug-likeness (QED) is 0.223. The van der Waals surface area contributed by atoms with Crippen molar-refractivity contribution in [2.75, 3.05) is 22.9 Å². The number of benzene rings is 4. The maximum absolute atomic E-state index is 2.64. The Hall–Kier alpha value is -3.42. The summed E-state index contributed by atoms with van der Waals surface area (Å²) in [6, 6.07) is 29.2. The van der Waals surface area contributed by atoms with Gasteiger partial charge in [-0.25, -0.2) is 0 Å². The molecule has 0 amide bonds. The SMILES string of the molecule is Cc1cc(C)c(N2CCN(c3c(C)cc(C)cc3C)[C]2=[Ru]=[C]2C=C(c3ccccc3)c3ccccc32)c(C)c1. The number of hydrogen-bond donors (Lipinski definition) is 0. The van der Waals surface area contributed by atoms with Crippen LogP contribution in [0.1, 0.15) is 50.1 Å². The van der Waals surface area contributed by atoms with Gasteiger partial charge < -0.3 is 0 Å². The predicted octanol–water partition coefficient (Wildman–Crippen LogP) is 7.70. The van der Waals surface area contributed by atoms with E-state index in [-0.39, 0.29) is 16.2 Å². The van der Waals surface area contributed by atoms with E-state index in [1.807, 2.05) is 0 Å². The van der Waals surface area contributed by atoms with Crippen molar-refractivity contribution in [3.05, 3.63) is 135 Å². The number of nitrogens with zero attached hydrogens (tertiary/aromatic N) is 2. The van der Waals surface area contributed by atoms with E-state index in [0.29, 0.717) is 0 Å². The zero-order chi connectivity index (χ0) is 27.3. The van der Waals surface area contributed by atoms with Gasteiger partial charge in [-0.2, -0.15) is 0 Å². The molecule has 3 heteroatoms. The van der Waals surface area contributed by atoms with Gasteiger partial charge >= 0.3 is 241 Å². The van der Waals surface area contributed by atoms with Crippen molar-refractivity contribution in [3.63, 3.8) is 0 Å². The Morgan fingerprint density at radius 2 is 1.03 bits per heavy atom. The Morgan fingerprint density at radius 1 is 0.564 bits per heavy atom. The molecule has 198 valence electrons. The van der Waals surface area contributed by atoms with E-state index in [1.165, 1.54) is 75.5 Å². The van der Waals surface area contributed by atoms with Crippen LogP contribution in [0.25, 0.3) is 5.57 Å². The van der Waals surface area contributed by atoms with E-state index in [9.17, 15) is 0 Å². The van der Waals surface area contributed by atoms with Crippen LogP contribution in [0.2, 0.25) is 0 Å². The summed E-state index contributed by atoms with van der Waals surface area (Å²) in [5, 5.41) is 0. The predicted molar refractivity (Wildman–Crippen MR) is 165 cm³/mol. The molecule has 0 atom stereocenters. The van der Waals surface area contributed by atoms with Crippen LogP contribution in [-0.2, 0) is 16.2 Å². The Kier molecular flexibility index (Phi) is 6.81. The summed E-state index contributed by atoms with van der Waals surface area (Å²) in [6.07, 6.45) is 2.48. The first kappa shape index (κ1) is 25.8. The molecular weight excluding hydrogens is 561 g/mol. The third kappa shape index (κ3) is 4.68. The molecule has 2 aliphatic rings. The van der Waals surface area contributed by atoms with Crippen molar-refractivity contribution in [3.8, 4) is 0 Å². The van der Waals surface area contributed by atoms with Gasteiger partial charge in [0.25, 0.3) is 0 Å². The summed E-state index contributed by atoms with van der Waals surface area (Å²) in [6.45, 7) is 15.5. The molecule has 1 aliphatic carbocycles. The molecule has 1 heterocycles. The zero-order valence-corrected chi connectivity index (χ0v) is 25.5. The molecule has 0 aromatic heterocycles. The van der Waals surface area contributed by atoms with E-state index in [2.05, 4.69) is 136 Å². The fourth-order valence-corrected chi connectivity index (χ4v) is 9.09. The third-order valence-electron chi connectivity index (χ3n) is 7.78. The summed E-state index contributed by atoms with van der Waals surface area (Å²) in [5.74, 6) is 0. The van der Waals surface area contributed by atoms with Crippen LogP contribution in [0.15, 0.2) is 84.9 Å². The Morgan fingerprint density at radius 3 is 1.54 bits per heavy atom. The first-order valence-corrected chi connectivity index (χ1v) is 15.5. The topological polar surface area (TPSA) is 6.48 Å². The van der Waals surface area contributed by atoms with Crippen molar-refractivity contribution in [2.24, 2.45) is 0 Å². The summed E-state index contributed by atoms with van der Waals surface area (Å²) in [7, 11) is 0. The van der Waals surface area contributed by atoms with Crippen LogP contribution in [-0.4, -0.2) is 21.6 Å². The second kappa shape index (κ2) is 10.3. The average Bonchev–Trinajstić information content (AvgIpc) is 3.46. The van der Waals surface area contributed by atoms with Crippen LogP contribution in [0, 0.1) is 41.5 Å². The third-order valence-corrected chi connectivity index (χ3v) is 10.3. The molecule has 4 aromatic carbocycles. The Labute approximate surface area is 240 Å². The van der Waals surface area contributed by atoms with Crippen LogP contribution >= 0.6 is 0 Å². The molecule has 0 N–H and O–H groups in total. The molecule has 0 saturated carbocycles. The second-order valence-electron chi connectivity index (χ2n) is 10.9. The molecule has 0 radical (unpaired) electrons. The second-order valence-corrected chi connectivity index (χ2v) is 13.1. The van der Waals surface area contributed by atoms with E-state index in [4.69, 9.17) is 0 Å². The van der Waals surface area contributed by atoms with Gasteiger partial charge in [-0.05, 0) is 0 Å². The van der Waals surface area contributed by atoms with Gasteiger partial charge in [-0.1, -0.05) is 0 Å². The molecule has 0 spiro atoms. The summed E-state index contributed by atoms with van der Waals surface area (Å²) < 4.78 is 2.94. The van der Waals surface area contributed by atoms with Gasteiger partial charge in [0.1, 0.15) is 0 Å². The van der Waals surface area contributed by atoms with Gasteiger partial charge in [0.05, 0.1) is 0 Å². The monoisotopic (exact) mass is 598 g/mol. The van der Waals surface area contributed by atoms with Crippen LogP contribution in [0.4, 0.5) is 11.4 Å². The maximum atomic E-state index is 2.64.